The topological polar surface area (TPSA) is 41.5 Å². The van der Waals surface area contributed by atoms with Gasteiger partial charge >= 0.3 is 0 Å². The predicted molar refractivity (Wildman–Crippen MR) is 87.8 cm³/mol. The highest BCUT2D eigenvalue weighted by molar-refractivity contribution is 5.50. The Morgan fingerprint density at radius 3 is 2.81 bits per heavy atom. The van der Waals surface area contributed by atoms with Gasteiger partial charge in [0.2, 0.25) is 0 Å². The molecule has 1 saturated carbocycles. The van der Waals surface area contributed by atoms with E-state index in [2.05, 4.69) is 19.2 Å². The number of nitrogens with one attached hydrogen (secondary N) is 1. The van der Waals surface area contributed by atoms with Crippen molar-refractivity contribution in [3.05, 3.63) is 24.3 Å². The Morgan fingerprint density at radius 2 is 2.14 bits per heavy atom. The first kappa shape index (κ1) is 16.2. The van der Waals surface area contributed by atoms with Crippen LogP contribution in [0.1, 0.15) is 46.0 Å². The van der Waals surface area contributed by atoms with Gasteiger partial charge in [-0.3, -0.25) is 0 Å². The van der Waals surface area contributed by atoms with Crippen LogP contribution in [0.2, 0.25) is 0 Å². The summed E-state index contributed by atoms with van der Waals surface area (Å²) in [6.45, 7) is 4.81. The minimum absolute atomic E-state index is 0.185. The zero-order valence-electron chi connectivity index (χ0n) is 13.6. The van der Waals surface area contributed by atoms with Crippen molar-refractivity contribution >= 4 is 5.69 Å². The van der Waals surface area contributed by atoms with Crippen LogP contribution in [0.15, 0.2) is 24.3 Å². The lowest BCUT2D eigenvalue weighted by Crippen LogP contribution is -2.41. The zero-order valence-corrected chi connectivity index (χ0v) is 13.6. The van der Waals surface area contributed by atoms with E-state index in [1.165, 1.54) is 19.3 Å². The second-order valence-electron chi connectivity index (χ2n) is 6.73. The molecule has 0 spiro atoms. The van der Waals surface area contributed by atoms with Gasteiger partial charge in [-0.25, -0.2) is 0 Å². The molecule has 2 unspecified atom stereocenters. The van der Waals surface area contributed by atoms with Gasteiger partial charge in [-0.1, -0.05) is 32.8 Å². The summed E-state index contributed by atoms with van der Waals surface area (Å²) in [5.74, 6) is 2.36. The quantitative estimate of drug-likeness (QED) is 0.803. The Balaban J connectivity index is 2.10. The average molecular weight is 291 g/mol. The van der Waals surface area contributed by atoms with Gasteiger partial charge in [0.1, 0.15) is 5.75 Å². The Morgan fingerprint density at radius 1 is 1.33 bits per heavy atom. The van der Waals surface area contributed by atoms with E-state index in [0.717, 1.165) is 36.1 Å². The number of rotatable bonds is 5. The van der Waals surface area contributed by atoms with Crippen LogP contribution in [0.4, 0.5) is 5.69 Å². The van der Waals surface area contributed by atoms with Crippen LogP contribution in [-0.2, 0) is 0 Å². The van der Waals surface area contributed by atoms with E-state index in [1.54, 1.807) is 7.11 Å². The van der Waals surface area contributed by atoms with Gasteiger partial charge in [0, 0.05) is 11.8 Å². The van der Waals surface area contributed by atoms with Crippen LogP contribution in [0.3, 0.4) is 0 Å². The lowest BCUT2D eigenvalue weighted by molar-refractivity contribution is 0.193. The second-order valence-corrected chi connectivity index (χ2v) is 6.73. The lowest BCUT2D eigenvalue weighted by Gasteiger charge is -2.33. The highest BCUT2D eigenvalue weighted by Gasteiger charge is 2.33. The van der Waals surface area contributed by atoms with E-state index in [9.17, 15) is 5.11 Å². The highest BCUT2D eigenvalue weighted by Crippen LogP contribution is 2.36. The molecule has 0 bridgehead atoms. The monoisotopic (exact) mass is 291 g/mol. The molecule has 0 aromatic heterocycles. The van der Waals surface area contributed by atoms with Crippen LogP contribution in [-0.4, -0.2) is 24.4 Å². The normalized spacial score (nSPS) is 26.4. The van der Waals surface area contributed by atoms with Crippen molar-refractivity contribution in [2.45, 2.75) is 51.5 Å². The van der Waals surface area contributed by atoms with E-state index in [-0.39, 0.29) is 12.1 Å². The van der Waals surface area contributed by atoms with E-state index in [4.69, 9.17) is 4.74 Å². The lowest BCUT2D eigenvalue weighted by atomic mass is 9.86. The molecule has 0 heterocycles. The van der Waals surface area contributed by atoms with Crippen LogP contribution in [0.25, 0.3) is 0 Å². The summed E-state index contributed by atoms with van der Waals surface area (Å²) >= 11 is 0. The van der Waals surface area contributed by atoms with Gasteiger partial charge in [-0.2, -0.15) is 0 Å². The second kappa shape index (κ2) is 7.17. The van der Waals surface area contributed by atoms with Crippen molar-refractivity contribution in [3.63, 3.8) is 0 Å². The predicted octanol–water partition coefficient (Wildman–Crippen LogP) is 4.07. The standard InChI is InChI=1S/C18H29NO2/c1-14(2)15-6-5-10-18(13-20,11-9-15)19-16-7-4-8-17(12-16)21-3/h4,7-8,12,14-15,19-20H,5-6,9-11,13H2,1-3H3. The van der Waals surface area contributed by atoms with Gasteiger partial charge in [-0.15, -0.1) is 0 Å². The van der Waals surface area contributed by atoms with Gasteiger partial charge in [0.05, 0.1) is 19.3 Å². The Labute approximate surface area is 128 Å². The molecule has 1 aromatic rings. The Bertz CT molecular complexity index is 447. The molecule has 2 N–H and O–H groups in total. The molecule has 0 saturated heterocycles. The fourth-order valence-corrected chi connectivity index (χ4v) is 3.43. The zero-order chi connectivity index (χ0) is 15.3. The summed E-state index contributed by atoms with van der Waals surface area (Å²) in [7, 11) is 1.68. The number of aliphatic hydroxyl groups excluding tert-OH is 1. The number of anilines is 1. The molecule has 1 aliphatic carbocycles. The summed E-state index contributed by atoms with van der Waals surface area (Å²) in [6.07, 6.45) is 5.71. The SMILES string of the molecule is COc1cccc(NC2(CO)CCCC(C(C)C)CC2)c1. The van der Waals surface area contributed by atoms with Crippen LogP contribution >= 0.6 is 0 Å². The fraction of sp³-hybridized carbons (Fsp3) is 0.667. The molecule has 2 atom stereocenters. The summed E-state index contributed by atoms with van der Waals surface area (Å²) in [5, 5.41) is 13.6. The summed E-state index contributed by atoms with van der Waals surface area (Å²) < 4.78 is 5.28. The molecule has 118 valence electrons. The van der Waals surface area contributed by atoms with E-state index in [0.29, 0.717) is 0 Å². The molecule has 0 amide bonds. The molecule has 3 nitrogen and oxygen atoms in total. The van der Waals surface area contributed by atoms with Crippen molar-refractivity contribution in [2.75, 3.05) is 19.0 Å². The van der Waals surface area contributed by atoms with Crippen LogP contribution in [0.5, 0.6) is 5.75 Å². The summed E-state index contributed by atoms with van der Waals surface area (Å²) in [5.41, 5.74) is 0.849. The molecule has 3 heteroatoms. The molecule has 2 rings (SSSR count). The average Bonchev–Trinajstić information content (AvgIpc) is 2.71. The molecular weight excluding hydrogens is 262 g/mol. The van der Waals surface area contributed by atoms with Crippen molar-refractivity contribution in [3.8, 4) is 5.75 Å². The number of methoxy groups -OCH3 is 1. The molecular formula is C18H29NO2. The third kappa shape index (κ3) is 4.13. The van der Waals surface area contributed by atoms with Crippen molar-refractivity contribution in [1.29, 1.82) is 0 Å². The molecule has 1 fully saturated rings. The Kier molecular flexibility index (Phi) is 5.51. The number of hydrogen-bond donors (Lipinski definition) is 2. The van der Waals surface area contributed by atoms with Gasteiger partial charge < -0.3 is 15.2 Å². The maximum atomic E-state index is 9.99. The Hall–Kier alpha value is -1.22. The van der Waals surface area contributed by atoms with E-state index in [1.807, 2.05) is 24.3 Å². The number of hydrogen-bond acceptors (Lipinski definition) is 3. The van der Waals surface area contributed by atoms with Gasteiger partial charge in [0.15, 0.2) is 0 Å². The summed E-state index contributed by atoms with van der Waals surface area (Å²) in [6, 6.07) is 7.98. The molecule has 0 radical (unpaired) electrons. The third-order valence-corrected chi connectivity index (χ3v) is 4.95. The molecule has 1 aliphatic rings. The third-order valence-electron chi connectivity index (χ3n) is 4.95. The smallest absolute Gasteiger partial charge is 0.120 e. The number of ether oxygens (including phenoxy) is 1. The first-order valence-corrected chi connectivity index (χ1v) is 8.12. The minimum Gasteiger partial charge on any atom is -0.497 e. The minimum atomic E-state index is -0.185. The number of benzene rings is 1. The van der Waals surface area contributed by atoms with Crippen LogP contribution < -0.4 is 10.1 Å². The largest absolute Gasteiger partial charge is 0.497 e. The number of aliphatic hydroxyl groups is 1. The maximum Gasteiger partial charge on any atom is 0.120 e. The van der Waals surface area contributed by atoms with Crippen molar-refractivity contribution in [2.24, 2.45) is 11.8 Å². The van der Waals surface area contributed by atoms with Crippen molar-refractivity contribution in [1.82, 2.24) is 0 Å². The van der Waals surface area contributed by atoms with Crippen LogP contribution in [0, 0.1) is 11.8 Å². The maximum absolute atomic E-state index is 9.99. The van der Waals surface area contributed by atoms with Gasteiger partial charge in [-0.05, 0) is 43.2 Å². The van der Waals surface area contributed by atoms with Crippen molar-refractivity contribution < 1.29 is 9.84 Å². The first-order valence-electron chi connectivity index (χ1n) is 8.12. The van der Waals surface area contributed by atoms with E-state index < -0.39 is 0 Å². The van der Waals surface area contributed by atoms with E-state index >= 15 is 0 Å². The molecule has 1 aromatic carbocycles. The molecule has 0 aliphatic heterocycles. The molecule has 21 heavy (non-hydrogen) atoms. The summed E-state index contributed by atoms with van der Waals surface area (Å²) in [4.78, 5) is 0. The highest BCUT2D eigenvalue weighted by atomic mass is 16.5. The first-order chi connectivity index (χ1) is 10.1. The fourth-order valence-electron chi connectivity index (χ4n) is 3.43. The van der Waals surface area contributed by atoms with Gasteiger partial charge in [0.25, 0.3) is 0 Å².